The molecule has 0 bridgehead atoms. The topological polar surface area (TPSA) is 68.5 Å². The molecule has 0 aliphatic rings. The summed E-state index contributed by atoms with van der Waals surface area (Å²) in [6, 6.07) is 9.71. The highest BCUT2D eigenvalue weighted by atomic mass is 15.4. The lowest BCUT2D eigenvalue weighted by molar-refractivity contribution is 0.790. The third kappa shape index (κ3) is 2.32. The molecule has 0 saturated carbocycles. The molecule has 0 spiro atoms. The summed E-state index contributed by atoms with van der Waals surface area (Å²) in [4.78, 5) is 8.82. The molecule has 1 aromatic carbocycles. The van der Waals surface area contributed by atoms with Crippen LogP contribution in [0.2, 0.25) is 0 Å². The van der Waals surface area contributed by atoms with Crippen molar-refractivity contribution in [2.24, 2.45) is 0 Å². The molecule has 3 rings (SSSR count). The van der Waals surface area contributed by atoms with Crippen LogP contribution in [0.1, 0.15) is 19.2 Å². The van der Waals surface area contributed by atoms with E-state index in [1.165, 1.54) is 0 Å². The van der Waals surface area contributed by atoms with Gasteiger partial charge in [0.25, 0.3) is 0 Å². The van der Waals surface area contributed by atoms with Gasteiger partial charge in [-0.15, -0.1) is 5.10 Å². The van der Waals surface area contributed by atoms with E-state index in [1.807, 2.05) is 37.3 Å². The summed E-state index contributed by atoms with van der Waals surface area (Å²) < 4.78 is 1.74. The third-order valence-corrected chi connectivity index (χ3v) is 2.95. The number of fused-ring (bicyclic) bond motifs is 1. The Morgan fingerprint density at radius 3 is 2.90 bits per heavy atom. The summed E-state index contributed by atoms with van der Waals surface area (Å²) in [5.41, 5.74) is 1.79. The van der Waals surface area contributed by atoms with Gasteiger partial charge in [-0.05, 0) is 25.5 Å². The summed E-state index contributed by atoms with van der Waals surface area (Å²) in [5, 5.41) is 11.6. The van der Waals surface area contributed by atoms with Gasteiger partial charge in [0.2, 0.25) is 0 Å². The predicted octanol–water partition coefficient (Wildman–Crippen LogP) is 2.34. The molecule has 6 heteroatoms. The molecule has 0 saturated heterocycles. The van der Waals surface area contributed by atoms with Crippen LogP contribution in [-0.2, 0) is 0 Å². The highest BCUT2D eigenvalue weighted by Gasteiger charge is 2.09. The summed E-state index contributed by atoms with van der Waals surface area (Å²) >= 11 is 0. The molecule has 102 valence electrons. The van der Waals surface area contributed by atoms with Crippen LogP contribution in [0.15, 0.2) is 30.3 Å². The van der Waals surface area contributed by atoms with E-state index in [9.17, 15) is 0 Å². The molecule has 0 radical (unpaired) electrons. The molecular weight excluding hydrogens is 252 g/mol. The van der Waals surface area contributed by atoms with Crippen molar-refractivity contribution in [1.82, 2.24) is 25.0 Å². The van der Waals surface area contributed by atoms with Crippen molar-refractivity contribution in [2.75, 3.05) is 11.9 Å². The first kappa shape index (κ1) is 12.5. The number of nitrogens with one attached hydrogen (secondary N) is 1. The zero-order valence-corrected chi connectivity index (χ0v) is 11.5. The average Bonchev–Trinajstić information content (AvgIpc) is 2.88. The molecule has 0 aliphatic heterocycles. The molecule has 1 N–H and O–H groups in total. The Bertz CT molecular complexity index is 733. The second kappa shape index (κ2) is 5.24. The fourth-order valence-electron chi connectivity index (χ4n) is 2.04. The maximum Gasteiger partial charge on any atom is 0.161 e. The monoisotopic (exact) mass is 268 g/mol. The van der Waals surface area contributed by atoms with Crippen molar-refractivity contribution in [2.45, 2.75) is 20.3 Å². The van der Waals surface area contributed by atoms with Gasteiger partial charge < -0.3 is 5.32 Å². The van der Waals surface area contributed by atoms with E-state index in [-0.39, 0.29) is 0 Å². The van der Waals surface area contributed by atoms with Gasteiger partial charge in [-0.25, -0.2) is 9.97 Å². The number of anilines is 1. The number of aromatic nitrogens is 5. The summed E-state index contributed by atoms with van der Waals surface area (Å²) in [6.07, 6.45) is 1.05. The number of hydrogen-bond acceptors (Lipinski definition) is 5. The SMILES string of the molecule is CCCNc1cc(-n2nnc3ccccc32)nc(C)n1. The predicted molar refractivity (Wildman–Crippen MR) is 78.0 cm³/mol. The first-order chi connectivity index (χ1) is 9.78. The molecule has 0 aliphatic carbocycles. The van der Waals surface area contributed by atoms with Gasteiger partial charge in [-0.3, -0.25) is 0 Å². The quantitative estimate of drug-likeness (QED) is 0.786. The second-order valence-electron chi connectivity index (χ2n) is 4.58. The molecule has 0 atom stereocenters. The van der Waals surface area contributed by atoms with Crippen molar-refractivity contribution >= 4 is 16.9 Å². The number of nitrogens with zero attached hydrogens (tertiary/aromatic N) is 5. The number of para-hydroxylation sites is 1. The van der Waals surface area contributed by atoms with Crippen LogP contribution < -0.4 is 5.32 Å². The Morgan fingerprint density at radius 1 is 1.20 bits per heavy atom. The molecule has 3 aromatic rings. The highest BCUT2D eigenvalue weighted by molar-refractivity contribution is 5.75. The molecular formula is C14H16N6. The fourth-order valence-corrected chi connectivity index (χ4v) is 2.04. The molecule has 0 unspecified atom stereocenters. The van der Waals surface area contributed by atoms with E-state index in [2.05, 4.69) is 32.5 Å². The normalized spacial score (nSPS) is 10.9. The van der Waals surface area contributed by atoms with Crippen LogP contribution >= 0.6 is 0 Å². The maximum absolute atomic E-state index is 4.44. The summed E-state index contributed by atoms with van der Waals surface area (Å²) in [6.45, 7) is 4.88. The van der Waals surface area contributed by atoms with Gasteiger partial charge >= 0.3 is 0 Å². The van der Waals surface area contributed by atoms with E-state index >= 15 is 0 Å². The zero-order valence-electron chi connectivity index (χ0n) is 11.5. The maximum atomic E-state index is 4.44. The van der Waals surface area contributed by atoms with Crippen LogP contribution in [0.5, 0.6) is 0 Å². The van der Waals surface area contributed by atoms with Crippen LogP contribution in [0.25, 0.3) is 16.9 Å². The Hall–Kier alpha value is -2.50. The summed E-state index contributed by atoms with van der Waals surface area (Å²) in [5.74, 6) is 2.25. The van der Waals surface area contributed by atoms with Crippen LogP contribution in [0, 0.1) is 6.92 Å². The van der Waals surface area contributed by atoms with Crippen LogP contribution in [0.3, 0.4) is 0 Å². The van der Waals surface area contributed by atoms with Crippen molar-refractivity contribution in [3.63, 3.8) is 0 Å². The van der Waals surface area contributed by atoms with Gasteiger partial charge in [-0.2, -0.15) is 4.68 Å². The average molecular weight is 268 g/mol. The molecule has 2 heterocycles. The first-order valence-corrected chi connectivity index (χ1v) is 6.68. The second-order valence-corrected chi connectivity index (χ2v) is 4.58. The van der Waals surface area contributed by atoms with E-state index in [4.69, 9.17) is 0 Å². The minimum Gasteiger partial charge on any atom is -0.370 e. The van der Waals surface area contributed by atoms with Gasteiger partial charge in [0.1, 0.15) is 17.2 Å². The third-order valence-electron chi connectivity index (χ3n) is 2.95. The van der Waals surface area contributed by atoms with Crippen LogP contribution in [0.4, 0.5) is 5.82 Å². The number of rotatable bonds is 4. The van der Waals surface area contributed by atoms with Gasteiger partial charge in [0.05, 0.1) is 5.52 Å². The number of aryl methyl sites for hydroxylation is 1. The molecule has 6 nitrogen and oxygen atoms in total. The van der Waals surface area contributed by atoms with Crippen molar-refractivity contribution in [3.8, 4) is 5.82 Å². The van der Waals surface area contributed by atoms with E-state index in [0.29, 0.717) is 5.82 Å². The smallest absolute Gasteiger partial charge is 0.161 e. The zero-order chi connectivity index (χ0) is 13.9. The minimum atomic E-state index is 0.709. The Kier molecular flexibility index (Phi) is 3.28. The Balaban J connectivity index is 2.07. The van der Waals surface area contributed by atoms with Gasteiger partial charge in [0, 0.05) is 12.6 Å². The summed E-state index contributed by atoms with van der Waals surface area (Å²) in [7, 11) is 0. The Morgan fingerprint density at radius 2 is 2.05 bits per heavy atom. The standard InChI is InChI=1S/C14H16N6/c1-3-8-15-13-9-14(17-10(2)16-13)20-12-7-5-4-6-11(12)18-19-20/h4-7,9H,3,8H2,1-2H3,(H,15,16,17). The van der Waals surface area contributed by atoms with Gasteiger partial charge in [0.15, 0.2) is 5.82 Å². The Labute approximate surface area is 116 Å². The highest BCUT2D eigenvalue weighted by Crippen LogP contribution is 2.16. The van der Waals surface area contributed by atoms with Crippen molar-refractivity contribution < 1.29 is 0 Å². The first-order valence-electron chi connectivity index (χ1n) is 6.68. The van der Waals surface area contributed by atoms with Crippen LogP contribution in [-0.4, -0.2) is 31.5 Å². The van der Waals surface area contributed by atoms with Crippen molar-refractivity contribution in [1.29, 1.82) is 0 Å². The van der Waals surface area contributed by atoms with Gasteiger partial charge in [-0.1, -0.05) is 24.3 Å². The van der Waals surface area contributed by atoms with E-state index in [1.54, 1.807) is 4.68 Å². The lowest BCUT2D eigenvalue weighted by atomic mass is 10.3. The van der Waals surface area contributed by atoms with E-state index < -0.39 is 0 Å². The number of hydrogen-bond donors (Lipinski definition) is 1. The fraction of sp³-hybridized carbons (Fsp3) is 0.286. The molecule has 0 fully saturated rings. The molecule has 0 amide bonds. The van der Waals surface area contributed by atoms with E-state index in [0.717, 1.165) is 35.6 Å². The largest absolute Gasteiger partial charge is 0.370 e. The minimum absolute atomic E-state index is 0.709. The van der Waals surface area contributed by atoms with Crippen molar-refractivity contribution in [3.05, 3.63) is 36.2 Å². The number of benzene rings is 1. The molecule has 20 heavy (non-hydrogen) atoms. The molecule has 2 aromatic heterocycles. The lowest BCUT2D eigenvalue weighted by Crippen LogP contribution is -2.07. The lowest BCUT2D eigenvalue weighted by Gasteiger charge is -2.07.